The molecule has 11 heteroatoms. The molecule has 4 aromatic rings. The van der Waals surface area contributed by atoms with Gasteiger partial charge in [-0.2, -0.15) is 15.2 Å². The summed E-state index contributed by atoms with van der Waals surface area (Å²) >= 11 is 0. The van der Waals surface area contributed by atoms with Crippen molar-refractivity contribution in [2.45, 2.75) is 32.9 Å². The van der Waals surface area contributed by atoms with Crippen LogP contribution in [0.1, 0.15) is 31.0 Å². The van der Waals surface area contributed by atoms with Crippen LogP contribution in [0.3, 0.4) is 0 Å². The van der Waals surface area contributed by atoms with Crippen molar-refractivity contribution in [1.82, 2.24) is 44.4 Å². The van der Waals surface area contributed by atoms with E-state index in [4.69, 9.17) is 0 Å². The smallest absolute Gasteiger partial charge is 0.242 e. The fourth-order valence-corrected chi connectivity index (χ4v) is 3.21. The van der Waals surface area contributed by atoms with Crippen molar-refractivity contribution in [1.29, 1.82) is 0 Å². The van der Waals surface area contributed by atoms with Gasteiger partial charge in [0.05, 0.1) is 24.1 Å². The average molecular weight is 421 g/mol. The first-order valence-electron chi connectivity index (χ1n) is 9.78. The van der Waals surface area contributed by atoms with Crippen molar-refractivity contribution in [2.24, 2.45) is 7.05 Å². The number of nitrogens with zero attached hydrogens (tertiary/aromatic N) is 8. The maximum atomic E-state index is 12.3. The fraction of sp³-hybridized carbons (Fsp3) is 0.300. The van der Waals surface area contributed by atoms with Gasteiger partial charge < -0.3 is 10.4 Å². The Balaban J connectivity index is 1.55. The molecule has 0 aliphatic heterocycles. The number of imidazole rings is 1. The van der Waals surface area contributed by atoms with E-state index >= 15 is 0 Å². The number of aromatic hydroxyl groups is 1. The zero-order valence-electron chi connectivity index (χ0n) is 17.5. The molecular formula is C20H23N9O2. The Hall–Kier alpha value is -4.02. The third-order valence-electron chi connectivity index (χ3n) is 4.67. The summed E-state index contributed by atoms with van der Waals surface area (Å²) in [6.07, 6.45) is 10.0. The van der Waals surface area contributed by atoms with Crippen LogP contribution in [-0.4, -0.2) is 50.1 Å². The lowest BCUT2D eigenvalue weighted by atomic mass is 9.99. The van der Waals surface area contributed by atoms with Crippen molar-refractivity contribution >= 4 is 5.91 Å². The Morgan fingerprint density at radius 3 is 2.77 bits per heavy atom. The molecule has 0 saturated heterocycles. The number of hydrogen-bond donors (Lipinski definition) is 2. The molecule has 160 valence electrons. The van der Waals surface area contributed by atoms with E-state index in [0.29, 0.717) is 29.3 Å². The van der Waals surface area contributed by atoms with Crippen LogP contribution >= 0.6 is 0 Å². The van der Waals surface area contributed by atoms with Gasteiger partial charge in [0.2, 0.25) is 17.7 Å². The number of nitrogens with one attached hydrogen (secondary N) is 1. The average Bonchev–Trinajstić information content (AvgIpc) is 3.48. The predicted octanol–water partition coefficient (Wildman–Crippen LogP) is 1.40. The number of hydrogen-bond acceptors (Lipinski definition) is 7. The van der Waals surface area contributed by atoms with E-state index < -0.39 is 0 Å². The summed E-state index contributed by atoms with van der Waals surface area (Å²) < 4.78 is 4.83. The third-order valence-corrected chi connectivity index (χ3v) is 4.67. The number of amides is 1. The van der Waals surface area contributed by atoms with Crippen molar-refractivity contribution in [3.05, 3.63) is 54.6 Å². The van der Waals surface area contributed by atoms with Crippen LogP contribution in [-0.2, 0) is 24.9 Å². The topological polar surface area (TPSA) is 129 Å². The second-order valence-electron chi connectivity index (χ2n) is 7.42. The molecule has 0 saturated carbocycles. The van der Waals surface area contributed by atoms with Crippen LogP contribution in [0.15, 0.2) is 43.4 Å². The molecule has 2 N–H and O–H groups in total. The van der Waals surface area contributed by atoms with E-state index in [2.05, 4.69) is 30.5 Å². The molecule has 0 aliphatic carbocycles. The monoisotopic (exact) mass is 421 g/mol. The van der Waals surface area contributed by atoms with Gasteiger partial charge in [0.15, 0.2) is 0 Å². The highest BCUT2D eigenvalue weighted by molar-refractivity contribution is 5.75. The molecule has 4 rings (SSSR count). The zero-order valence-corrected chi connectivity index (χ0v) is 17.5. The van der Waals surface area contributed by atoms with Crippen LogP contribution in [0.25, 0.3) is 17.2 Å². The van der Waals surface area contributed by atoms with Crippen LogP contribution in [0.4, 0.5) is 0 Å². The SMILES string of the molecule is CC(C)c1c(O)nc(-n2ccnc2)nc1-c1cnn(CC(=O)NCc2ccn(C)n2)c1. The van der Waals surface area contributed by atoms with E-state index in [1.807, 2.05) is 33.2 Å². The highest BCUT2D eigenvalue weighted by Crippen LogP contribution is 2.33. The van der Waals surface area contributed by atoms with Crippen LogP contribution in [0.2, 0.25) is 0 Å². The van der Waals surface area contributed by atoms with Gasteiger partial charge in [-0.05, 0) is 12.0 Å². The summed E-state index contributed by atoms with van der Waals surface area (Å²) in [7, 11) is 1.82. The van der Waals surface area contributed by atoms with Gasteiger partial charge in [-0.25, -0.2) is 9.97 Å². The highest BCUT2D eigenvalue weighted by atomic mass is 16.3. The second kappa shape index (κ2) is 8.38. The van der Waals surface area contributed by atoms with Crippen LogP contribution < -0.4 is 5.32 Å². The van der Waals surface area contributed by atoms with E-state index in [1.165, 1.54) is 4.68 Å². The second-order valence-corrected chi connectivity index (χ2v) is 7.42. The number of aromatic nitrogens is 8. The number of aryl methyl sites for hydroxylation is 1. The van der Waals surface area contributed by atoms with Gasteiger partial charge in [0.1, 0.15) is 12.9 Å². The van der Waals surface area contributed by atoms with Crippen LogP contribution in [0, 0.1) is 0 Å². The summed E-state index contributed by atoms with van der Waals surface area (Å²) in [5.74, 6) is 0.00527. The van der Waals surface area contributed by atoms with Gasteiger partial charge in [-0.3, -0.25) is 18.7 Å². The Labute approximate surface area is 178 Å². The molecule has 31 heavy (non-hydrogen) atoms. The maximum Gasteiger partial charge on any atom is 0.242 e. The summed E-state index contributed by atoms with van der Waals surface area (Å²) in [5, 5.41) is 21.9. The molecule has 0 fully saturated rings. The van der Waals surface area contributed by atoms with Crippen molar-refractivity contribution < 1.29 is 9.90 Å². The summed E-state index contributed by atoms with van der Waals surface area (Å²) in [4.78, 5) is 25.1. The Morgan fingerprint density at radius 1 is 1.26 bits per heavy atom. The first-order chi connectivity index (χ1) is 14.9. The molecule has 0 aromatic carbocycles. The van der Waals surface area contributed by atoms with Crippen molar-refractivity contribution in [3.63, 3.8) is 0 Å². The molecule has 0 atom stereocenters. The molecule has 0 aliphatic rings. The van der Waals surface area contributed by atoms with E-state index in [0.717, 1.165) is 5.69 Å². The standard InChI is InChI=1S/C20H23N9O2/c1-13(2)17-18(24-20(25-19(17)31)28-7-5-21-12-28)14-8-23-29(10-14)11-16(30)22-9-15-4-6-27(3)26-15/h4-8,10,12-13H,9,11H2,1-3H3,(H,22,30)(H,24,25,31). The molecule has 1 amide bonds. The quantitative estimate of drug-likeness (QED) is 0.461. The minimum absolute atomic E-state index is 0.0168. The number of carbonyl (C=O) groups excluding carboxylic acids is 1. The van der Waals surface area contributed by atoms with Gasteiger partial charge in [0.25, 0.3) is 0 Å². The lowest BCUT2D eigenvalue weighted by molar-refractivity contribution is -0.122. The Bertz CT molecular complexity index is 1190. The lowest BCUT2D eigenvalue weighted by Crippen LogP contribution is -2.27. The molecular weight excluding hydrogens is 398 g/mol. The molecule has 4 aromatic heterocycles. The minimum atomic E-state index is -0.186. The number of carbonyl (C=O) groups is 1. The first-order valence-corrected chi connectivity index (χ1v) is 9.78. The van der Waals surface area contributed by atoms with E-state index in [-0.39, 0.29) is 24.2 Å². The Morgan fingerprint density at radius 2 is 2.10 bits per heavy atom. The molecule has 0 spiro atoms. The summed E-state index contributed by atoms with van der Waals surface area (Å²) in [6, 6.07) is 1.85. The highest BCUT2D eigenvalue weighted by Gasteiger charge is 2.20. The van der Waals surface area contributed by atoms with Gasteiger partial charge in [-0.15, -0.1) is 0 Å². The van der Waals surface area contributed by atoms with Crippen molar-refractivity contribution in [2.75, 3.05) is 0 Å². The van der Waals surface area contributed by atoms with Gasteiger partial charge >= 0.3 is 0 Å². The van der Waals surface area contributed by atoms with Crippen molar-refractivity contribution in [3.8, 4) is 23.1 Å². The lowest BCUT2D eigenvalue weighted by Gasteiger charge is -2.14. The predicted molar refractivity (Wildman–Crippen MR) is 111 cm³/mol. The molecule has 4 heterocycles. The maximum absolute atomic E-state index is 12.3. The fourth-order valence-electron chi connectivity index (χ4n) is 3.21. The summed E-state index contributed by atoms with van der Waals surface area (Å²) in [6.45, 7) is 4.30. The molecule has 0 bridgehead atoms. The zero-order chi connectivity index (χ0) is 22.0. The van der Waals surface area contributed by atoms with E-state index in [9.17, 15) is 9.90 Å². The molecule has 11 nitrogen and oxygen atoms in total. The minimum Gasteiger partial charge on any atom is -0.493 e. The third kappa shape index (κ3) is 4.44. The number of rotatable bonds is 7. The molecule has 0 unspecified atom stereocenters. The first kappa shape index (κ1) is 20.3. The van der Waals surface area contributed by atoms with Crippen LogP contribution in [0.5, 0.6) is 5.88 Å². The normalized spacial score (nSPS) is 11.2. The van der Waals surface area contributed by atoms with Gasteiger partial charge in [0, 0.05) is 43.0 Å². The largest absolute Gasteiger partial charge is 0.493 e. The summed E-state index contributed by atoms with van der Waals surface area (Å²) in [5.41, 5.74) is 2.64. The van der Waals surface area contributed by atoms with Gasteiger partial charge in [-0.1, -0.05) is 13.8 Å². The van der Waals surface area contributed by atoms with E-state index in [1.54, 1.807) is 40.4 Å². The molecule has 0 radical (unpaired) electrons. The Kier molecular flexibility index (Phi) is 5.48.